The highest BCUT2D eigenvalue weighted by Gasteiger charge is 2.43. The molecule has 128 valence electrons. The Kier molecular flexibility index (Phi) is 3.52. The number of anilines is 1. The molecule has 1 amide bonds. The third-order valence-corrected chi connectivity index (χ3v) is 3.71. The van der Waals surface area contributed by atoms with Gasteiger partial charge in [-0.2, -0.15) is 0 Å². The first-order valence-electron chi connectivity index (χ1n) is 7.62. The molecule has 1 aliphatic heterocycles. The van der Waals surface area contributed by atoms with Crippen LogP contribution in [0.2, 0.25) is 0 Å². The first-order valence-corrected chi connectivity index (χ1v) is 7.62. The van der Waals surface area contributed by atoms with Gasteiger partial charge in [0.25, 0.3) is 0 Å². The summed E-state index contributed by atoms with van der Waals surface area (Å²) in [5.74, 6) is 0.276. The highest BCUT2D eigenvalue weighted by atomic mass is 19.3. The lowest BCUT2D eigenvalue weighted by Crippen LogP contribution is -2.25. The second-order valence-corrected chi connectivity index (χ2v) is 5.58. The topological polar surface area (TPSA) is 76.2 Å². The van der Waals surface area contributed by atoms with Crippen molar-refractivity contribution in [3.05, 3.63) is 48.3 Å². The van der Waals surface area contributed by atoms with Crippen LogP contribution in [0.25, 0.3) is 11.0 Å². The summed E-state index contributed by atoms with van der Waals surface area (Å²) in [6.07, 6.45) is -3.04. The largest absolute Gasteiger partial charge is 0.586 e. The molecular weight excluding hydrogens is 332 g/mol. The number of imidazole rings is 1. The number of benzene rings is 2. The number of aryl methyl sites for hydroxylation is 1. The SMILES string of the molecule is O=C(CCc1nc2ccccc2[nH]1)Nc1ccc2c(c1)OC(F)(F)O2. The Bertz CT molecular complexity index is 922. The number of fused-ring (bicyclic) bond motifs is 2. The lowest BCUT2D eigenvalue weighted by atomic mass is 10.2. The van der Waals surface area contributed by atoms with Gasteiger partial charge in [0.1, 0.15) is 5.82 Å². The zero-order valence-electron chi connectivity index (χ0n) is 12.9. The number of H-pyrrole nitrogens is 1. The maximum absolute atomic E-state index is 13.0. The summed E-state index contributed by atoms with van der Waals surface area (Å²) in [5, 5.41) is 2.64. The molecule has 2 N–H and O–H groups in total. The van der Waals surface area contributed by atoms with E-state index < -0.39 is 6.29 Å². The Hall–Kier alpha value is -3.16. The average molecular weight is 345 g/mol. The van der Waals surface area contributed by atoms with E-state index in [1.807, 2.05) is 24.3 Å². The molecular formula is C17H13F2N3O3. The molecule has 1 aliphatic rings. The number of carbonyl (C=O) groups excluding carboxylic acids is 1. The van der Waals surface area contributed by atoms with Crippen molar-refractivity contribution in [2.75, 3.05) is 5.32 Å². The maximum Gasteiger partial charge on any atom is 0.586 e. The minimum Gasteiger partial charge on any atom is -0.395 e. The molecule has 0 fully saturated rings. The van der Waals surface area contributed by atoms with E-state index in [0.717, 1.165) is 11.0 Å². The van der Waals surface area contributed by atoms with Crippen LogP contribution in [0.15, 0.2) is 42.5 Å². The first kappa shape index (κ1) is 15.4. The molecule has 4 rings (SSSR count). The fraction of sp³-hybridized carbons (Fsp3) is 0.176. The Balaban J connectivity index is 1.38. The molecule has 2 aromatic carbocycles. The van der Waals surface area contributed by atoms with Crippen LogP contribution in [0.1, 0.15) is 12.2 Å². The van der Waals surface area contributed by atoms with E-state index in [4.69, 9.17) is 0 Å². The second-order valence-electron chi connectivity index (χ2n) is 5.58. The molecule has 0 aliphatic carbocycles. The van der Waals surface area contributed by atoms with Crippen LogP contribution in [-0.2, 0) is 11.2 Å². The molecule has 8 heteroatoms. The van der Waals surface area contributed by atoms with Crippen molar-refractivity contribution in [2.45, 2.75) is 19.1 Å². The van der Waals surface area contributed by atoms with Crippen molar-refractivity contribution in [1.29, 1.82) is 0 Å². The quantitative estimate of drug-likeness (QED) is 0.759. The van der Waals surface area contributed by atoms with Crippen LogP contribution in [0.3, 0.4) is 0 Å². The van der Waals surface area contributed by atoms with Crippen molar-refractivity contribution in [2.24, 2.45) is 0 Å². The van der Waals surface area contributed by atoms with E-state index in [2.05, 4.69) is 24.8 Å². The number of hydrogen-bond acceptors (Lipinski definition) is 4. The van der Waals surface area contributed by atoms with Crippen molar-refractivity contribution >= 4 is 22.6 Å². The number of aromatic nitrogens is 2. The third kappa shape index (κ3) is 3.23. The van der Waals surface area contributed by atoms with Crippen LogP contribution in [0, 0.1) is 0 Å². The summed E-state index contributed by atoms with van der Waals surface area (Å²) in [6, 6.07) is 11.7. The van der Waals surface area contributed by atoms with Gasteiger partial charge in [0.05, 0.1) is 11.0 Å². The third-order valence-electron chi connectivity index (χ3n) is 3.71. The Morgan fingerprint density at radius 2 is 1.96 bits per heavy atom. The summed E-state index contributed by atoms with van der Waals surface area (Å²) in [4.78, 5) is 19.6. The van der Waals surface area contributed by atoms with Gasteiger partial charge >= 0.3 is 6.29 Å². The number of amides is 1. The Labute approximate surface area is 140 Å². The molecule has 6 nitrogen and oxygen atoms in total. The molecule has 0 atom stereocenters. The van der Waals surface area contributed by atoms with Gasteiger partial charge < -0.3 is 19.8 Å². The predicted octanol–water partition coefficient (Wildman–Crippen LogP) is 3.46. The van der Waals surface area contributed by atoms with Gasteiger partial charge in [-0.3, -0.25) is 4.79 Å². The fourth-order valence-electron chi connectivity index (χ4n) is 2.61. The molecule has 0 radical (unpaired) electrons. The number of para-hydroxylation sites is 2. The number of alkyl halides is 2. The van der Waals surface area contributed by atoms with Gasteiger partial charge in [-0.15, -0.1) is 8.78 Å². The normalized spacial score (nSPS) is 14.6. The van der Waals surface area contributed by atoms with E-state index in [1.165, 1.54) is 18.2 Å². The molecule has 0 saturated carbocycles. The van der Waals surface area contributed by atoms with Gasteiger partial charge in [0.2, 0.25) is 5.91 Å². The molecule has 0 bridgehead atoms. The van der Waals surface area contributed by atoms with E-state index in [-0.39, 0.29) is 23.8 Å². The molecule has 0 spiro atoms. The van der Waals surface area contributed by atoms with Gasteiger partial charge in [-0.1, -0.05) is 12.1 Å². The first-order chi connectivity index (χ1) is 12.0. The second kappa shape index (κ2) is 5.73. The van der Waals surface area contributed by atoms with Gasteiger partial charge in [0, 0.05) is 24.6 Å². The monoisotopic (exact) mass is 345 g/mol. The minimum atomic E-state index is -3.67. The molecule has 2 heterocycles. The standard InChI is InChI=1S/C17H13F2N3O3/c18-17(19)24-13-6-5-10(9-14(13)25-17)20-16(23)8-7-15-21-11-3-1-2-4-12(11)22-15/h1-6,9H,7-8H2,(H,20,23)(H,21,22). The molecule has 3 aromatic rings. The number of carbonyl (C=O) groups is 1. The number of halogens is 2. The number of nitrogens with zero attached hydrogens (tertiary/aromatic N) is 1. The molecule has 0 saturated heterocycles. The zero-order valence-corrected chi connectivity index (χ0v) is 12.9. The van der Waals surface area contributed by atoms with E-state index in [0.29, 0.717) is 17.9 Å². The highest BCUT2D eigenvalue weighted by Crippen LogP contribution is 2.42. The lowest BCUT2D eigenvalue weighted by molar-refractivity contribution is -0.286. The van der Waals surface area contributed by atoms with Crippen molar-refractivity contribution < 1.29 is 23.0 Å². The lowest BCUT2D eigenvalue weighted by Gasteiger charge is -2.05. The number of ether oxygens (including phenoxy) is 2. The van der Waals surface area contributed by atoms with Crippen LogP contribution in [-0.4, -0.2) is 22.2 Å². The summed E-state index contributed by atoms with van der Waals surface area (Å²) >= 11 is 0. The van der Waals surface area contributed by atoms with E-state index in [9.17, 15) is 13.6 Å². The van der Waals surface area contributed by atoms with Crippen LogP contribution in [0.4, 0.5) is 14.5 Å². The van der Waals surface area contributed by atoms with E-state index in [1.54, 1.807) is 0 Å². The summed E-state index contributed by atoms with van der Waals surface area (Å²) in [5.41, 5.74) is 2.11. The molecule has 0 unspecified atom stereocenters. The Morgan fingerprint density at radius 3 is 2.80 bits per heavy atom. The zero-order chi connectivity index (χ0) is 17.4. The number of nitrogens with one attached hydrogen (secondary N) is 2. The number of aromatic amines is 1. The van der Waals surface area contributed by atoms with Gasteiger partial charge in [0.15, 0.2) is 11.5 Å². The van der Waals surface area contributed by atoms with Crippen molar-refractivity contribution in [3.8, 4) is 11.5 Å². The van der Waals surface area contributed by atoms with Crippen LogP contribution in [0.5, 0.6) is 11.5 Å². The highest BCUT2D eigenvalue weighted by molar-refractivity contribution is 5.91. The predicted molar refractivity (Wildman–Crippen MR) is 85.7 cm³/mol. The van der Waals surface area contributed by atoms with Crippen LogP contribution >= 0.6 is 0 Å². The summed E-state index contributed by atoms with van der Waals surface area (Å²) in [7, 11) is 0. The molecule has 1 aromatic heterocycles. The van der Waals surface area contributed by atoms with Gasteiger partial charge in [-0.05, 0) is 24.3 Å². The van der Waals surface area contributed by atoms with Crippen molar-refractivity contribution in [1.82, 2.24) is 9.97 Å². The van der Waals surface area contributed by atoms with E-state index >= 15 is 0 Å². The summed E-state index contributed by atoms with van der Waals surface area (Å²) < 4.78 is 34.6. The van der Waals surface area contributed by atoms with Crippen LogP contribution < -0.4 is 14.8 Å². The maximum atomic E-state index is 13.0. The number of hydrogen-bond donors (Lipinski definition) is 2. The fourth-order valence-corrected chi connectivity index (χ4v) is 2.61. The van der Waals surface area contributed by atoms with Crippen molar-refractivity contribution in [3.63, 3.8) is 0 Å². The van der Waals surface area contributed by atoms with Gasteiger partial charge in [-0.25, -0.2) is 4.98 Å². The minimum absolute atomic E-state index is 0.0646. The number of rotatable bonds is 4. The smallest absolute Gasteiger partial charge is 0.395 e. The molecule has 25 heavy (non-hydrogen) atoms. The summed E-state index contributed by atoms with van der Waals surface area (Å²) in [6.45, 7) is 0. The average Bonchev–Trinajstić information content (AvgIpc) is 3.11. The Morgan fingerprint density at radius 1 is 1.16 bits per heavy atom.